The molecule has 208 valence electrons. The quantitative estimate of drug-likeness (QED) is 0.245. The summed E-state index contributed by atoms with van der Waals surface area (Å²) in [6, 6.07) is 20.5. The Balaban J connectivity index is 1.11. The second-order valence-corrected chi connectivity index (χ2v) is 10.6. The molecule has 4 aromatic rings. The van der Waals surface area contributed by atoms with E-state index in [1.54, 1.807) is 6.07 Å². The zero-order valence-corrected chi connectivity index (χ0v) is 22.1. The topological polar surface area (TPSA) is 40.6 Å². The van der Waals surface area contributed by atoms with Crippen LogP contribution in [0.1, 0.15) is 23.2 Å². The monoisotopic (exact) mass is 550 g/mol. The molecule has 6 rings (SSSR count). The number of benzene rings is 3. The zero-order chi connectivity index (χ0) is 27.9. The Morgan fingerprint density at radius 3 is 2.45 bits per heavy atom. The Bertz CT molecular complexity index is 1510. The predicted octanol–water partition coefficient (Wildman–Crippen LogP) is 6.78. The zero-order valence-electron chi connectivity index (χ0n) is 22.1. The Hall–Kier alpha value is -3.69. The maximum absolute atomic E-state index is 13.8. The highest BCUT2D eigenvalue weighted by atomic mass is 19.4. The van der Waals surface area contributed by atoms with Crippen LogP contribution in [-0.4, -0.2) is 53.1 Å². The van der Waals surface area contributed by atoms with E-state index in [0.717, 1.165) is 60.3 Å². The summed E-state index contributed by atoms with van der Waals surface area (Å²) in [7, 11) is 0. The Kier molecular flexibility index (Phi) is 7.10. The van der Waals surface area contributed by atoms with Gasteiger partial charge in [-0.05, 0) is 55.3 Å². The molecule has 9 heteroatoms. The van der Waals surface area contributed by atoms with E-state index in [-0.39, 0.29) is 11.6 Å². The number of hydrogen-bond donors (Lipinski definition) is 1. The number of likely N-dealkylation sites (tertiary alicyclic amines) is 2. The molecule has 1 N–H and O–H groups in total. The average molecular weight is 551 g/mol. The third-order valence-electron chi connectivity index (χ3n) is 7.77. The standard InChI is InChI=1S/C31H30F4N4O/c1-20-12-30(28-4-2-3-5-29(28)36-20)37-24-13-22(31(33,34)35)14-27(15-24)40-11-10-38-18-26-16-25(38)19-39(26)17-21-6-8-23(32)9-7-21/h2-9,12-15,25-26H,10-11,16-19H2,1H3,(H,36,37)/t25-,26-/m0/s1. The number of aryl methyl sites for hydroxylation is 1. The van der Waals surface area contributed by atoms with Crippen LogP contribution in [0.15, 0.2) is 72.8 Å². The fourth-order valence-electron chi connectivity index (χ4n) is 5.89. The SMILES string of the molecule is Cc1cc(Nc2cc(OCCN3C[C@@H]4C[C@H]3CN4Cc3ccc(F)cc3)cc(C(F)(F)F)c2)c2ccccc2n1. The molecule has 0 radical (unpaired) electrons. The first-order valence-corrected chi connectivity index (χ1v) is 13.4. The first kappa shape index (κ1) is 26.5. The minimum atomic E-state index is -4.51. The Morgan fingerprint density at radius 1 is 0.950 bits per heavy atom. The molecule has 3 heterocycles. The van der Waals surface area contributed by atoms with Crippen LogP contribution >= 0.6 is 0 Å². The molecule has 0 unspecified atom stereocenters. The smallest absolute Gasteiger partial charge is 0.416 e. The maximum atomic E-state index is 13.8. The number of piperazine rings is 1. The fraction of sp³-hybridized carbons (Fsp3) is 0.323. The van der Waals surface area contributed by atoms with Gasteiger partial charge in [-0.3, -0.25) is 14.8 Å². The van der Waals surface area contributed by atoms with Gasteiger partial charge in [0, 0.05) is 66.8 Å². The minimum absolute atomic E-state index is 0.176. The number of alkyl halides is 3. The van der Waals surface area contributed by atoms with Crippen molar-refractivity contribution in [2.24, 2.45) is 0 Å². The largest absolute Gasteiger partial charge is 0.492 e. The Morgan fingerprint density at radius 2 is 1.70 bits per heavy atom. The van der Waals surface area contributed by atoms with Crippen molar-refractivity contribution in [3.8, 4) is 5.75 Å². The molecule has 5 nitrogen and oxygen atoms in total. The minimum Gasteiger partial charge on any atom is -0.492 e. The lowest BCUT2D eigenvalue weighted by Gasteiger charge is -2.34. The number of nitrogens with one attached hydrogen (secondary N) is 1. The van der Waals surface area contributed by atoms with E-state index in [0.29, 0.717) is 36.6 Å². The van der Waals surface area contributed by atoms with Gasteiger partial charge in [0.2, 0.25) is 0 Å². The first-order valence-electron chi connectivity index (χ1n) is 13.4. The van der Waals surface area contributed by atoms with Crippen molar-refractivity contribution >= 4 is 22.3 Å². The highest BCUT2D eigenvalue weighted by molar-refractivity contribution is 5.93. The van der Waals surface area contributed by atoms with Gasteiger partial charge in [0.1, 0.15) is 18.2 Å². The second kappa shape index (κ2) is 10.7. The molecule has 0 spiro atoms. The second-order valence-electron chi connectivity index (χ2n) is 10.6. The van der Waals surface area contributed by atoms with E-state index in [4.69, 9.17) is 4.74 Å². The van der Waals surface area contributed by atoms with Gasteiger partial charge in [0.15, 0.2) is 0 Å². The third kappa shape index (κ3) is 5.76. The van der Waals surface area contributed by atoms with E-state index in [2.05, 4.69) is 20.1 Å². The van der Waals surface area contributed by atoms with Gasteiger partial charge in [0.05, 0.1) is 11.1 Å². The number of para-hydroxylation sites is 1. The van der Waals surface area contributed by atoms with Crippen LogP contribution in [-0.2, 0) is 12.7 Å². The lowest BCUT2D eigenvalue weighted by Crippen LogP contribution is -2.47. The maximum Gasteiger partial charge on any atom is 0.416 e. The number of rotatable bonds is 8. The lowest BCUT2D eigenvalue weighted by atomic mass is 10.1. The molecule has 40 heavy (non-hydrogen) atoms. The highest BCUT2D eigenvalue weighted by Crippen LogP contribution is 2.36. The molecule has 0 aliphatic carbocycles. The summed E-state index contributed by atoms with van der Waals surface area (Å²) in [5.41, 5.74) is 2.85. The molecule has 2 bridgehead atoms. The first-order chi connectivity index (χ1) is 19.2. The number of anilines is 2. The van der Waals surface area contributed by atoms with Gasteiger partial charge in [-0.2, -0.15) is 13.2 Å². The van der Waals surface area contributed by atoms with Gasteiger partial charge in [-0.1, -0.05) is 30.3 Å². The molecule has 0 amide bonds. The molecule has 2 fully saturated rings. The highest BCUT2D eigenvalue weighted by Gasteiger charge is 2.42. The van der Waals surface area contributed by atoms with E-state index in [1.165, 1.54) is 12.1 Å². The summed E-state index contributed by atoms with van der Waals surface area (Å²) in [4.78, 5) is 9.28. The van der Waals surface area contributed by atoms with Crippen LogP contribution in [0.25, 0.3) is 10.9 Å². The number of fused-ring (bicyclic) bond motifs is 3. The molecule has 0 saturated carbocycles. The number of nitrogens with zero attached hydrogens (tertiary/aromatic N) is 3. The van der Waals surface area contributed by atoms with Crippen molar-refractivity contribution in [2.45, 2.75) is 38.1 Å². The van der Waals surface area contributed by atoms with Crippen molar-refractivity contribution < 1.29 is 22.3 Å². The lowest BCUT2D eigenvalue weighted by molar-refractivity contribution is -0.137. The normalized spacial score (nSPS) is 19.4. The van der Waals surface area contributed by atoms with Crippen molar-refractivity contribution in [3.63, 3.8) is 0 Å². The summed E-state index contributed by atoms with van der Waals surface area (Å²) in [6.45, 7) is 5.37. The van der Waals surface area contributed by atoms with Crippen LogP contribution in [0.4, 0.5) is 28.9 Å². The van der Waals surface area contributed by atoms with Crippen molar-refractivity contribution in [1.29, 1.82) is 0 Å². The molecular formula is C31H30F4N4O. The molecule has 1 aromatic heterocycles. The summed E-state index contributed by atoms with van der Waals surface area (Å²) < 4.78 is 60.4. The van der Waals surface area contributed by atoms with Crippen LogP contribution in [0.5, 0.6) is 5.75 Å². The molecule has 3 aromatic carbocycles. The number of ether oxygens (including phenoxy) is 1. The van der Waals surface area contributed by atoms with Crippen molar-refractivity contribution in [1.82, 2.24) is 14.8 Å². The van der Waals surface area contributed by atoms with Crippen LogP contribution < -0.4 is 10.1 Å². The number of aromatic nitrogens is 1. The van der Waals surface area contributed by atoms with Crippen LogP contribution in [0.3, 0.4) is 0 Å². The van der Waals surface area contributed by atoms with Crippen molar-refractivity contribution in [2.75, 3.05) is 31.6 Å². The van der Waals surface area contributed by atoms with Gasteiger partial charge in [-0.15, -0.1) is 0 Å². The van der Waals surface area contributed by atoms with Gasteiger partial charge in [-0.25, -0.2) is 4.39 Å². The summed E-state index contributed by atoms with van der Waals surface area (Å²) in [6.07, 6.45) is -3.45. The average Bonchev–Trinajstić information content (AvgIpc) is 3.50. The van der Waals surface area contributed by atoms with Gasteiger partial charge >= 0.3 is 6.18 Å². The molecule has 2 saturated heterocycles. The summed E-state index contributed by atoms with van der Waals surface area (Å²) >= 11 is 0. The summed E-state index contributed by atoms with van der Waals surface area (Å²) in [5.74, 6) is -0.0581. The van der Waals surface area contributed by atoms with E-state index < -0.39 is 11.7 Å². The van der Waals surface area contributed by atoms with Gasteiger partial charge < -0.3 is 10.1 Å². The van der Waals surface area contributed by atoms with E-state index in [1.807, 2.05) is 49.4 Å². The predicted molar refractivity (Wildman–Crippen MR) is 147 cm³/mol. The third-order valence-corrected chi connectivity index (χ3v) is 7.77. The molecular weight excluding hydrogens is 520 g/mol. The number of halogens is 4. The molecule has 2 aliphatic heterocycles. The van der Waals surface area contributed by atoms with E-state index >= 15 is 0 Å². The molecule has 2 atom stereocenters. The molecule has 2 aliphatic rings. The van der Waals surface area contributed by atoms with Crippen LogP contribution in [0.2, 0.25) is 0 Å². The van der Waals surface area contributed by atoms with Gasteiger partial charge in [0.25, 0.3) is 0 Å². The fourth-order valence-corrected chi connectivity index (χ4v) is 5.89. The Labute approximate surface area is 230 Å². The number of pyridine rings is 1. The number of hydrogen-bond acceptors (Lipinski definition) is 5. The summed E-state index contributed by atoms with van der Waals surface area (Å²) in [5, 5.41) is 3.99. The van der Waals surface area contributed by atoms with Crippen molar-refractivity contribution in [3.05, 3.63) is 95.4 Å². The van der Waals surface area contributed by atoms with Crippen LogP contribution in [0, 0.1) is 12.7 Å². The van der Waals surface area contributed by atoms with E-state index in [9.17, 15) is 17.6 Å².